The fourth-order valence-corrected chi connectivity index (χ4v) is 1.51. The van der Waals surface area contributed by atoms with Crippen LogP contribution in [0.3, 0.4) is 0 Å². The van der Waals surface area contributed by atoms with Gasteiger partial charge < -0.3 is 15.2 Å². The molecule has 0 unspecified atom stereocenters. The number of nitrogen functional groups attached to an aromatic ring is 1. The molecule has 2 rings (SSSR count). The molecule has 0 spiro atoms. The molecule has 1 aromatic carbocycles. The Kier molecular flexibility index (Phi) is 4.18. The molecule has 0 fully saturated rings. The van der Waals surface area contributed by atoms with E-state index in [0.717, 1.165) is 12.1 Å². The minimum Gasteiger partial charge on any atom is -0.478 e. The van der Waals surface area contributed by atoms with Gasteiger partial charge in [0.05, 0.1) is 12.3 Å². The lowest BCUT2D eigenvalue weighted by atomic mass is 10.3. The Morgan fingerprint density at radius 3 is 2.74 bits per heavy atom. The zero-order chi connectivity index (χ0) is 13.7. The van der Waals surface area contributed by atoms with Crippen LogP contribution in [0.25, 0.3) is 0 Å². The van der Waals surface area contributed by atoms with Gasteiger partial charge in [0.25, 0.3) is 0 Å². The Morgan fingerprint density at radius 1 is 1.21 bits per heavy atom. The summed E-state index contributed by atoms with van der Waals surface area (Å²) in [6.45, 7) is 4.52. The molecule has 1 aromatic heterocycles. The number of ether oxygens (including phenoxy) is 2. The maximum absolute atomic E-state index is 5.81. The maximum atomic E-state index is 5.81. The Hall–Kier alpha value is -2.30. The van der Waals surface area contributed by atoms with E-state index in [0.29, 0.717) is 23.9 Å². The van der Waals surface area contributed by atoms with Crippen molar-refractivity contribution >= 4 is 5.69 Å². The van der Waals surface area contributed by atoms with Gasteiger partial charge in [0.15, 0.2) is 5.75 Å². The van der Waals surface area contributed by atoms with Gasteiger partial charge in [-0.3, -0.25) is 0 Å². The number of benzene rings is 1. The summed E-state index contributed by atoms with van der Waals surface area (Å²) in [5.41, 5.74) is 7.14. The molecule has 5 nitrogen and oxygen atoms in total. The minimum absolute atomic E-state index is 0.240. The van der Waals surface area contributed by atoms with Gasteiger partial charge >= 0.3 is 6.01 Å². The summed E-state index contributed by atoms with van der Waals surface area (Å²) >= 11 is 0. The van der Waals surface area contributed by atoms with Gasteiger partial charge in [-0.15, -0.1) is 0 Å². The average molecular weight is 259 g/mol. The molecule has 0 aliphatic carbocycles. The molecule has 0 radical (unpaired) electrons. The molecule has 0 saturated carbocycles. The molecule has 0 aliphatic heterocycles. The zero-order valence-electron chi connectivity index (χ0n) is 11.1. The highest BCUT2D eigenvalue weighted by Gasteiger charge is 2.07. The third-order valence-electron chi connectivity index (χ3n) is 2.38. The average Bonchev–Trinajstić information content (AvgIpc) is 2.38. The number of hydrogen-bond donors (Lipinski definition) is 1. The Bertz CT molecular complexity index is 558. The van der Waals surface area contributed by atoms with Gasteiger partial charge in [0.1, 0.15) is 0 Å². The van der Waals surface area contributed by atoms with Crippen LogP contribution in [-0.2, 0) is 0 Å². The van der Waals surface area contributed by atoms with Gasteiger partial charge in [-0.1, -0.05) is 19.1 Å². The van der Waals surface area contributed by atoms with Crippen LogP contribution in [0, 0.1) is 6.92 Å². The van der Waals surface area contributed by atoms with Crippen molar-refractivity contribution in [2.24, 2.45) is 0 Å². The zero-order valence-corrected chi connectivity index (χ0v) is 11.1. The van der Waals surface area contributed by atoms with Crippen molar-refractivity contribution in [1.82, 2.24) is 9.97 Å². The van der Waals surface area contributed by atoms with E-state index in [2.05, 4.69) is 9.97 Å². The van der Waals surface area contributed by atoms with Gasteiger partial charge in [0, 0.05) is 11.8 Å². The first-order chi connectivity index (χ1) is 9.19. The summed E-state index contributed by atoms with van der Waals surface area (Å²) in [4.78, 5) is 8.41. The van der Waals surface area contributed by atoms with Crippen LogP contribution in [0.1, 0.15) is 19.0 Å². The van der Waals surface area contributed by atoms with E-state index in [9.17, 15) is 0 Å². The van der Waals surface area contributed by atoms with Crippen LogP contribution in [0.2, 0.25) is 0 Å². The summed E-state index contributed by atoms with van der Waals surface area (Å²) in [5, 5.41) is 0. The van der Waals surface area contributed by atoms with E-state index in [-0.39, 0.29) is 6.01 Å². The van der Waals surface area contributed by atoms with Crippen LogP contribution < -0.4 is 15.2 Å². The van der Waals surface area contributed by atoms with Crippen molar-refractivity contribution < 1.29 is 9.47 Å². The predicted octanol–water partition coefficient (Wildman–Crippen LogP) is 2.95. The largest absolute Gasteiger partial charge is 0.478 e. The summed E-state index contributed by atoms with van der Waals surface area (Å²) < 4.78 is 11.1. The maximum Gasteiger partial charge on any atom is 0.325 e. The molecule has 2 N–H and O–H groups in total. The molecular weight excluding hydrogens is 242 g/mol. The first-order valence-electron chi connectivity index (χ1n) is 6.20. The van der Waals surface area contributed by atoms with Crippen LogP contribution >= 0.6 is 0 Å². The number of hydrogen-bond acceptors (Lipinski definition) is 5. The van der Waals surface area contributed by atoms with E-state index in [4.69, 9.17) is 15.2 Å². The molecule has 100 valence electrons. The molecule has 0 aliphatic rings. The van der Waals surface area contributed by atoms with E-state index in [1.807, 2.05) is 26.0 Å². The van der Waals surface area contributed by atoms with Gasteiger partial charge in [0.2, 0.25) is 5.88 Å². The van der Waals surface area contributed by atoms with E-state index in [1.54, 1.807) is 18.2 Å². The standard InChI is InChI=1S/C14H17N3O2/c1-3-8-18-13-9-10(2)16-14(17-13)19-12-7-5-4-6-11(12)15/h4-7,9H,3,8,15H2,1-2H3. The minimum atomic E-state index is 0.240. The second kappa shape index (κ2) is 6.04. The molecule has 19 heavy (non-hydrogen) atoms. The first-order valence-corrected chi connectivity index (χ1v) is 6.20. The van der Waals surface area contributed by atoms with Crippen LogP contribution in [0.4, 0.5) is 5.69 Å². The lowest BCUT2D eigenvalue weighted by Gasteiger charge is -2.09. The van der Waals surface area contributed by atoms with Gasteiger partial charge in [-0.2, -0.15) is 9.97 Å². The van der Waals surface area contributed by atoms with Crippen molar-refractivity contribution in [2.45, 2.75) is 20.3 Å². The van der Waals surface area contributed by atoms with Gasteiger partial charge in [-0.25, -0.2) is 0 Å². The van der Waals surface area contributed by atoms with E-state index >= 15 is 0 Å². The van der Waals surface area contributed by atoms with Crippen molar-refractivity contribution in [3.05, 3.63) is 36.0 Å². The molecule has 5 heteroatoms. The lowest BCUT2D eigenvalue weighted by molar-refractivity contribution is 0.298. The van der Waals surface area contributed by atoms with Crippen molar-refractivity contribution in [3.63, 3.8) is 0 Å². The predicted molar refractivity (Wildman–Crippen MR) is 73.5 cm³/mol. The molecule has 0 bridgehead atoms. The number of aromatic nitrogens is 2. The summed E-state index contributed by atoms with van der Waals surface area (Å²) in [7, 11) is 0. The molecule has 0 atom stereocenters. The summed E-state index contributed by atoms with van der Waals surface area (Å²) in [6.07, 6.45) is 0.922. The van der Waals surface area contributed by atoms with Crippen LogP contribution in [0.15, 0.2) is 30.3 Å². The molecule has 0 saturated heterocycles. The quantitative estimate of drug-likeness (QED) is 0.836. The Labute approximate surface area is 112 Å². The number of aryl methyl sites for hydroxylation is 1. The summed E-state index contributed by atoms with van der Waals surface area (Å²) in [5.74, 6) is 1.05. The third-order valence-corrected chi connectivity index (χ3v) is 2.38. The highest BCUT2D eigenvalue weighted by Crippen LogP contribution is 2.25. The number of rotatable bonds is 5. The highest BCUT2D eigenvalue weighted by atomic mass is 16.5. The topological polar surface area (TPSA) is 70.3 Å². The fraction of sp³-hybridized carbons (Fsp3) is 0.286. The monoisotopic (exact) mass is 259 g/mol. The molecular formula is C14H17N3O2. The Morgan fingerprint density at radius 2 is 2.00 bits per heavy atom. The molecule has 1 heterocycles. The molecule has 2 aromatic rings. The second-order valence-corrected chi connectivity index (χ2v) is 4.12. The highest BCUT2D eigenvalue weighted by molar-refractivity contribution is 5.52. The van der Waals surface area contributed by atoms with Crippen molar-refractivity contribution in [2.75, 3.05) is 12.3 Å². The lowest BCUT2D eigenvalue weighted by Crippen LogP contribution is -2.01. The SMILES string of the molecule is CCCOc1cc(C)nc(Oc2ccccc2N)n1. The van der Waals surface area contributed by atoms with Crippen molar-refractivity contribution in [1.29, 1.82) is 0 Å². The van der Waals surface area contributed by atoms with Crippen molar-refractivity contribution in [3.8, 4) is 17.6 Å². The smallest absolute Gasteiger partial charge is 0.325 e. The van der Waals surface area contributed by atoms with E-state index in [1.165, 1.54) is 0 Å². The number of nitrogens with zero attached hydrogens (tertiary/aromatic N) is 2. The fourth-order valence-electron chi connectivity index (χ4n) is 1.51. The first kappa shape index (κ1) is 13.1. The number of anilines is 1. The van der Waals surface area contributed by atoms with Crippen LogP contribution in [0.5, 0.6) is 17.6 Å². The third kappa shape index (κ3) is 3.58. The Balaban J connectivity index is 2.20. The van der Waals surface area contributed by atoms with E-state index < -0.39 is 0 Å². The number of para-hydroxylation sites is 2. The normalized spacial score (nSPS) is 10.2. The second-order valence-electron chi connectivity index (χ2n) is 4.12. The number of nitrogens with two attached hydrogens (primary N) is 1. The summed E-state index contributed by atoms with van der Waals surface area (Å²) in [6, 6.07) is 9.24. The van der Waals surface area contributed by atoms with Gasteiger partial charge in [-0.05, 0) is 25.5 Å². The molecule has 0 amide bonds. The van der Waals surface area contributed by atoms with Crippen LogP contribution in [-0.4, -0.2) is 16.6 Å².